The van der Waals surface area contributed by atoms with Gasteiger partial charge in [-0.15, -0.1) is 0 Å². The Labute approximate surface area is 163 Å². The number of esters is 2. The monoisotopic (exact) mass is 395 g/mol. The molecule has 0 saturated heterocycles. The van der Waals surface area contributed by atoms with E-state index in [1.165, 1.54) is 0 Å². The summed E-state index contributed by atoms with van der Waals surface area (Å²) in [4.78, 5) is 46.2. The maximum Gasteiger partial charge on any atom is 0.407 e. The molecule has 1 rings (SSSR count). The van der Waals surface area contributed by atoms with Gasteiger partial charge >= 0.3 is 24.0 Å². The predicted molar refractivity (Wildman–Crippen MR) is 97.2 cm³/mol. The molecular formula is C19H25NO8. The number of aliphatic carboxylic acids is 1. The molecule has 9 heteroatoms. The third-order valence-electron chi connectivity index (χ3n) is 3.16. The molecule has 0 unspecified atom stereocenters. The molecule has 0 heterocycles. The Kier molecular flexibility index (Phi) is 8.94. The average molecular weight is 395 g/mol. The number of carboxylic acids is 1. The molecule has 0 saturated carbocycles. The second kappa shape index (κ2) is 10.9. The van der Waals surface area contributed by atoms with Gasteiger partial charge in [-0.25, -0.2) is 9.59 Å². The van der Waals surface area contributed by atoms with E-state index in [4.69, 9.17) is 19.3 Å². The van der Waals surface area contributed by atoms with Crippen LogP contribution in [0, 0.1) is 0 Å². The van der Waals surface area contributed by atoms with Crippen LogP contribution in [0.3, 0.4) is 0 Å². The first kappa shape index (κ1) is 22.9. The van der Waals surface area contributed by atoms with Gasteiger partial charge in [0.1, 0.15) is 24.9 Å². The van der Waals surface area contributed by atoms with E-state index in [2.05, 4.69) is 5.32 Å². The Balaban J connectivity index is 2.38. The quantitative estimate of drug-likeness (QED) is 0.480. The van der Waals surface area contributed by atoms with Crippen LogP contribution < -0.4 is 5.32 Å². The molecule has 9 nitrogen and oxygen atoms in total. The fraction of sp³-hybridized carbons (Fsp3) is 0.474. The van der Waals surface area contributed by atoms with Crippen molar-refractivity contribution in [1.82, 2.24) is 5.32 Å². The maximum atomic E-state index is 11.8. The van der Waals surface area contributed by atoms with Crippen molar-refractivity contribution in [2.24, 2.45) is 0 Å². The number of ether oxygens (including phenoxy) is 3. The Hall–Kier alpha value is -3.10. The van der Waals surface area contributed by atoms with Gasteiger partial charge in [0.2, 0.25) is 0 Å². The molecule has 2 N–H and O–H groups in total. The maximum absolute atomic E-state index is 11.8. The first-order valence-electron chi connectivity index (χ1n) is 8.64. The van der Waals surface area contributed by atoms with Crippen molar-refractivity contribution < 1.29 is 38.5 Å². The van der Waals surface area contributed by atoms with Gasteiger partial charge in [-0.05, 0) is 26.3 Å². The van der Waals surface area contributed by atoms with Gasteiger partial charge in [-0.2, -0.15) is 0 Å². The molecule has 0 aliphatic carbocycles. The third kappa shape index (κ3) is 10.1. The molecule has 1 aromatic carbocycles. The van der Waals surface area contributed by atoms with Crippen LogP contribution in [-0.2, 0) is 35.2 Å². The predicted octanol–water partition coefficient (Wildman–Crippen LogP) is 2.03. The summed E-state index contributed by atoms with van der Waals surface area (Å²) < 4.78 is 14.8. The largest absolute Gasteiger partial charge is 0.480 e. The van der Waals surface area contributed by atoms with Crippen molar-refractivity contribution >= 4 is 24.0 Å². The number of benzene rings is 1. The lowest BCUT2D eigenvalue weighted by Gasteiger charge is -2.19. The van der Waals surface area contributed by atoms with E-state index in [1.807, 2.05) is 6.07 Å². The first-order valence-corrected chi connectivity index (χ1v) is 8.64. The Morgan fingerprint density at radius 1 is 1.04 bits per heavy atom. The fourth-order valence-corrected chi connectivity index (χ4v) is 1.97. The summed E-state index contributed by atoms with van der Waals surface area (Å²) >= 11 is 0. The third-order valence-corrected chi connectivity index (χ3v) is 3.16. The highest BCUT2D eigenvalue weighted by Gasteiger charge is 2.25. The van der Waals surface area contributed by atoms with Crippen molar-refractivity contribution in [2.75, 3.05) is 6.61 Å². The van der Waals surface area contributed by atoms with Gasteiger partial charge < -0.3 is 24.6 Å². The van der Waals surface area contributed by atoms with Crippen LogP contribution in [-0.4, -0.2) is 47.4 Å². The second-order valence-corrected chi connectivity index (χ2v) is 6.86. The standard InChI is InChI=1S/C19H25NO8/c1-19(2,3)28-15(21)9-10-26-18(25)20-14(17(23)24)11-16(22)27-12-13-7-5-4-6-8-13/h4-8,14H,9-12H2,1-3H3,(H,20,25)(H,23,24)/t14-/m0/s1. The van der Waals surface area contributed by atoms with E-state index in [9.17, 15) is 19.2 Å². The molecule has 0 spiro atoms. The molecule has 0 fully saturated rings. The van der Waals surface area contributed by atoms with Crippen LogP contribution in [0.25, 0.3) is 0 Å². The van der Waals surface area contributed by atoms with Crippen LogP contribution in [0.4, 0.5) is 4.79 Å². The van der Waals surface area contributed by atoms with Crippen LogP contribution in [0.15, 0.2) is 30.3 Å². The van der Waals surface area contributed by atoms with Gasteiger partial charge in [0.15, 0.2) is 0 Å². The minimum absolute atomic E-state index is 0.00759. The highest BCUT2D eigenvalue weighted by Crippen LogP contribution is 2.08. The van der Waals surface area contributed by atoms with Crippen LogP contribution in [0.5, 0.6) is 0 Å². The summed E-state index contributed by atoms with van der Waals surface area (Å²) in [5.74, 6) is -2.76. The number of nitrogens with one attached hydrogen (secondary N) is 1. The van der Waals surface area contributed by atoms with E-state index in [0.29, 0.717) is 0 Å². The van der Waals surface area contributed by atoms with Crippen molar-refractivity contribution in [3.63, 3.8) is 0 Å². The summed E-state index contributed by atoms with van der Waals surface area (Å²) in [6.07, 6.45) is -1.81. The molecule has 0 aromatic heterocycles. The van der Waals surface area contributed by atoms with Gasteiger partial charge in [-0.1, -0.05) is 30.3 Å². The van der Waals surface area contributed by atoms with Gasteiger partial charge in [0, 0.05) is 0 Å². The lowest BCUT2D eigenvalue weighted by atomic mass is 10.2. The van der Waals surface area contributed by atoms with E-state index in [-0.39, 0.29) is 19.6 Å². The lowest BCUT2D eigenvalue weighted by molar-refractivity contribution is -0.155. The summed E-state index contributed by atoms with van der Waals surface area (Å²) in [5.41, 5.74) is 0.0886. The highest BCUT2D eigenvalue weighted by atomic mass is 16.6. The number of carbonyl (C=O) groups is 4. The molecule has 1 amide bonds. The second-order valence-electron chi connectivity index (χ2n) is 6.86. The van der Waals surface area contributed by atoms with Gasteiger partial charge in [0.05, 0.1) is 12.8 Å². The van der Waals surface area contributed by atoms with Crippen LogP contribution in [0.2, 0.25) is 0 Å². The molecule has 154 valence electrons. The fourth-order valence-electron chi connectivity index (χ4n) is 1.97. The summed E-state index contributed by atoms with van der Waals surface area (Å²) in [7, 11) is 0. The van der Waals surface area contributed by atoms with Crippen LogP contribution >= 0.6 is 0 Å². The minimum Gasteiger partial charge on any atom is -0.480 e. The zero-order valence-electron chi connectivity index (χ0n) is 16.1. The molecule has 0 bridgehead atoms. The summed E-state index contributed by atoms with van der Waals surface area (Å²) in [6, 6.07) is 7.35. The van der Waals surface area contributed by atoms with E-state index < -0.39 is 42.1 Å². The topological polar surface area (TPSA) is 128 Å². The number of hydrogen-bond acceptors (Lipinski definition) is 7. The van der Waals surface area contributed by atoms with Crippen molar-refractivity contribution in [3.8, 4) is 0 Å². The number of carboxylic acid groups (broad SMARTS) is 1. The number of amides is 1. The molecule has 1 atom stereocenters. The summed E-state index contributed by atoms with van der Waals surface area (Å²) in [6.45, 7) is 4.81. The number of alkyl carbamates (subject to hydrolysis) is 1. The van der Waals surface area contributed by atoms with Crippen molar-refractivity contribution in [1.29, 1.82) is 0 Å². The van der Waals surface area contributed by atoms with Crippen LogP contribution in [0.1, 0.15) is 39.2 Å². The molecule has 28 heavy (non-hydrogen) atoms. The van der Waals surface area contributed by atoms with Crippen molar-refractivity contribution in [3.05, 3.63) is 35.9 Å². The lowest BCUT2D eigenvalue weighted by Crippen LogP contribution is -2.43. The Morgan fingerprint density at radius 2 is 1.68 bits per heavy atom. The highest BCUT2D eigenvalue weighted by molar-refractivity contribution is 5.85. The minimum atomic E-state index is -1.52. The zero-order valence-corrected chi connectivity index (χ0v) is 16.1. The van der Waals surface area contributed by atoms with Gasteiger partial charge in [0.25, 0.3) is 0 Å². The molecular weight excluding hydrogens is 370 g/mol. The Morgan fingerprint density at radius 3 is 2.25 bits per heavy atom. The zero-order chi connectivity index (χ0) is 21.2. The SMILES string of the molecule is CC(C)(C)OC(=O)CCOC(=O)N[C@@H](CC(=O)OCc1ccccc1)C(=O)O. The average Bonchev–Trinajstić information content (AvgIpc) is 2.58. The number of rotatable bonds is 9. The number of hydrogen-bond donors (Lipinski definition) is 2. The molecule has 1 aromatic rings. The van der Waals surface area contributed by atoms with E-state index >= 15 is 0 Å². The summed E-state index contributed by atoms with van der Waals surface area (Å²) in [5, 5.41) is 11.2. The number of carbonyl (C=O) groups excluding carboxylic acids is 3. The normalized spacial score (nSPS) is 11.8. The van der Waals surface area contributed by atoms with Gasteiger partial charge in [-0.3, -0.25) is 9.59 Å². The van der Waals surface area contributed by atoms with Crippen molar-refractivity contribution in [2.45, 2.75) is 51.9 Å². The smallest absolute Gasteiger partial charge is 0.407 e. The molecule has 0 aliphatic rings. The van der Waals surface area contributed by atoms with E-state index in [0.717, 1.165) is 5.56 Å². The first-order chi connectivity index (χ1) is 13.1. The molecule has 0 radical (unpaired) electrons. The Bertz CT molecular complexity index is 681. The molecule has 0 aliphatic heterocycles. The van der Waals surface area contributed by atoms with E-state index in [1.54, 1.807) is 45.0 Å².